The fourth-order valence-corrected chi connectivity index (χ4v) is 4.16. The third-order valence-electron chi connectivity index (χ3n) is 5.47. The van der Waals surface area contributed by atoms with E-state index in [0.717, 1.165) is 44.3 Å². The molecule has 148 valence electrons. The summed E-state index contributed by atoms with van der Waals surface area (Å²) in [6, 6.07) is 9.81. The van der Waals surface area contributed by atoms with Gasteiger partial charge in [0.25, 0.3) is 0 Å². The van der Waals surface area contributed by atoms with Crippen molar-refractivity contribution in [2.75, 3.05) is 5.73 Å². The quantitative estimate of drug-likeness (QED) is 0.518. The lowest BCUT2D eigenvalue weighted by Crippen LogP contribution is -2.34. The van der Waals surface area contributed by atoms with Crippen LogP contribution in [0.1, 0.15) is 12.6 Å². The number of nitrogens with two attached hydrogens (primary N) is 1. The molecule has 1 aliphatic heterocycles. The number of carbonyl (C=O) groups excluding carboxylic acids is 1. The van der Waals surface area contributed by atoms with Crippen LogP contribution in [0.15, 0.2) is 61.6 Å². The highest BCUT2D eigenvalue weighted by molar-refractivity contribution is 6.08. The van der Waals surface area contributed by atoms with E-state index in [-0.39, 0.29) is 11.9 Å². The largest absolute Gasteiger partial charge is 0.383 e. The van der Waals surface area contributed by atoms with E-state index in [1.165, 1.54) is 12.4 Å². The predicted molar refractivity (Wildman–Crippen MR) is 118 cm³/mol. The molecule has 0 fully saturated rings. The van der Waals surface area contributed by atoms with E-state index in [0.29, 0.717) is 12.4 Å². The summed E-state index contributed by atoms with van der Waals surface area (Å²) in [5, 5.41) is 4.82. The molecule has 0 aliphatic carbocycles. The Kier molecular flexibility index (Phi) is 4.10. The fourth-order valence-electron chi connectivity index (χ4n) is 4.16. The molecule has 4 aromatic rings. The molecule has 1 aliphatic rings. The van der Waals surface area contributed by atoms with Gasteiger partial charge in [0.2, 0.25) is 5.91 Å². The SMILES string of the molecule is C=C1c2c(-c3cnc4ccccc4c3)c3c(N)ncnc3n2C[C@H]1NC(=O)C=CC. The van der Waals surface area contributed by atoms with Crippen LogP contribution in [-0.2, 0) is 11.3 Å². The summed E-state index contributed by atoms with van der Waals surface area (Å²) < 4.78 is 2.06. The zero-order valence-electron chi connectivity index (χ0n) is 16.5. The molecule has 7 heteroatoms. The molecule has 0 saturated carbocycles. The van der Waals surface area contributed by atoms with Crippen molar-refractivity contribution in [2.24, 2.45) is 0 Å². The first kappa shape index (κ1) is 18.1. The van der Waals surface area contributed by atoms with Crippen LogP contribution in [0.2, 0.25) is 0 Å². The maximum Gasteiger partial charge on any atom is 0.244 e. The number of benzene rings is 1. The second-order valence-electron chi connectivity index (χ2n) is 7.29. The lowest BCUT2D eigenvalue weighted by Gasteiger charge is -2.13. The highest BCUT2D eigenvalue weighted by Crippen LogP contribution is 2.44. The van der Waals surface area contributed by atoms with Crippen molar-refractivity contribution in [2.45, 2.75) is 19.5 Å². The standard InChI is InChI=1S/C23H20N6O/c1-3-6-18(30)28-17-11-29-21(13(17)2)19(20-22(24)26-12-27-23(20)29)15-9-14-7-4-5-8-16(14)25-10-15/h3-10,12,17H,2,11H2,1H3,(H,28,30)(H2,24,26,27)/t17-/m1/s1. The van der Waals surface area contributed by atoms with Crippen molar-refractivity contribution in [3.05, 3.63) is 67.3 Å². The number of fused-ring (bicyclic) bond motifs is 4. The van der Waals surface area contributed by atoms with Gasteiger partial charge in [-0.25, -0.2) is 9.97 Å². The summed E-state index contributed by atoms with van der Waals surface area (Å²) in [5.41, 5.74) is 11.4. The molecule has 1 atom stereocenters. The summed E-state index contributed by atoms with van der Waals surface area (Å²) in [4.78, 5) is 25.4. The summed E-state index contributed by atoms with van der Waals surface area (Å²) in [6.45, 7) is 6.64. The topological polar surface area (TPSA) is 98.7 Å². The number of anilines is 1. The Hall–Kier alpha value is -4.00. The smallest absolute Gasteiger partial charge is 0.244 e. The second-order valence-corrected chi connectivity index (χ2v) is 7.29. The number of hydrogen-bond donors (Lipinski definition) is 2. The van der Waals surface area contributed by atoms with Gasteiger partial charge in [-0.05, 0) is 30.7 Å². The number of aromatic nitrogens is 4. The Labute approximate surface area is 173 Å². The number of nitrogens with one attached hydrogen (secondary N) is 1. The van der Waals surface area contributed by atoms with Crippen LogP contribution in [0.3, 0.4) is 0 Å². The normalized spacial score (nSPS) is 15.9. The molecular weight excluding hydrogens is 376 g/mol. The van der Waals surface area contributed by atoms with Crippen molar-refractivity contribution in [3.63, 3.8) is 0 Å². The van der Waals surface area contributed by atoms with Gasteiger partial charge in [-0.3, -0.25) is 9.78 Å². The van der Waals surface area contributed by atoms with Crippen LogP contribution in [0, 0.1) is 0 Å². The van der Waals surface area contributed by atoms with Crippen molar-refractivity contribution in [3.8, 4) is 11.1 Å². The molecule has 7 nitrogen and oxygen atoms in total. The zero-order chi connectivity index (χ0) is 20.8. The highest BCUT2D eigenvalue weighted by Gasteiger charge is 2.34. The number of nitrogens with zero attached hydrogens (tertiary/aromatic N) is 4. The van der Waals surface area contributed by atoms with Crippen molar-refractivity contribution in [1.82, 2.24) is 24.8 Å². The van der Waals surface area contributed by atoms with Gasteiger partial charge in [0.1, 0.15) is 17.8 Å². The number of allylic oxidation sites excluding steroid dienone is 1. The Balaban J connectivity index is 1.72. The van der Waals surface area contributed by atoms with Gasteiger partial charge in [0.05, 0.1) is 22.6 Å². The summed E-state index contributed by atoms with van der Waals surface area (Å²) in [7, 11) is 0. The summed E-state index contributed by atoms with van der Waals surface area (Å²) in [5.74, 6) is 0.258. The van der Waals surface area contributed by atoms with E-state index in [1.807, 2.05) is 37.4 Å². The number of pyridine rings is 1. The molecule has 5 rings (SSSR count). The van der Waals surface area contributed by atoms with Gasteiger partial charge in [-0.1, -0.05) is 30.9 Å². The average Bonchev–Trinajstić information content (AvgIpc) is 3.23. The van der Waals surface area contributed by atoms with Crippen LogP contribution >= 0.6 is 0 Å². The molecule has 0 bridgehead atoms. The zero-order valence-corrected chi connectivity index (χ0v) is 16.5. The number of hydrogen-bond acceptors (Lipinski definition) is 5. The third-order valence-corrected chi connectivity index (χ3v) is 5.47. The highest BCUT2D eigenvalue weighted by atomic mass is 16.1. The van der Waals surface area contributed by atoms with E-state index in [9.17, 15) is 4.79 Å². The first-order valence-electron chi connectivity index (χ1n) is 9.68. The maximum atomic E-state index is 12.1. The minimum atomic E-state index is -0.226. The van der Waals surface area contributed by atoms with Gasteiger partial charge in [-0.2, -0.15) is 0 Å². The summed E-state index contributed by atoms with van der Waals surface area (Å²) in [6.07, 6.45) is 6.52. The molecule has 0 radical (unpaired) electrons. The van der Waals surface area contributed by atoms with Crippen LogP contribution in [0.5, 0.6) is 0 Å². The lowest BCUT2D eigenvalue weighted by molar-refractivity contribution is -0.116. The van der Waals surface area contributed by atoms with Gasteiger partial charge in [0.15, 0.2) is 0 Å². The molecule has 4 heterocycles. The molecule has 0 saturated heterocycles. The van der Waals surface area contributed by atoms with Gasteiger partial charge >= 0.3 is 0 Å². The Morgan fingerprint density at radius 1 is 1.30 bits per heavy atom. The molecule has 0 unspecified atom stereocenters. The van der Waals surface area contributed by atoms with Crippen LogP contribution in [0.25, 0.3) is 38.6 Å². The number of carbonyl (C=O) groups is 1. The first-order valence-corrected chi connectivity index (χ1v) is 9.68. The number of para-hydroxylation sites is 1. The minimum Gasteiger partial charge on any atom is -0.383 e. The van der Waals surface area contributed by atoms with Crippen LogP contribution in [0.4, 0.5) is 5.82 Å². The Bertz CT molecular complexity index is 1370. The van der Waals surface area contributed by atoms with Crippen molar-refractivity contribution >= 4 is 39.2 Å². The van der Waals surface area contributed by atoms with Crippen LogP contribution in [-0.4, -0.2) is 31.5 Å². The lowest BCUT2D eigenvalue weighted by atomic mass is 9.98. The summed E-state index contributed by atoms with van der Waals surface area (Å²) >= 11 is 0. The average molecular weight is 396 g/mol. The van der Waals surface area contributed by atoms with Crippen molar-refractivity contribution in [1.29, 1.82) is 0 Å². The molecule has 3 N–H and O–H groups in total. The van der Waals surface area contributed by atoms with Gasteiger partial charge < -0.3 is 15.6 Å². The van der Waals surface area contributed by atoms with E-state index in [4.69, 9.17) is 5.73 Å². The van der Waals surface area contributed by atoms with E-state index in [2.05, 4.69) is 37.5 Å². The predicted octanol–water partition coefficient (Wildman–Crippen LogP) is 3.32. The maximum absolute atomic E-state index is 12.1. The minimum absolute atomic E-state index is 0.151. The Morgan fingerprint density at radius 2 is 2.13 bits per heavy atom. The van der Waals surface area contributed by atoms with Gasteiger partial charge in [-0.15, -0.1) is 0 Å². The monoisotopic (exact) mass is 396 g/mol. The second kappa shape index (κ2) is 6.81. The van der Waals surface area contributed by atoms with Crippen LogP contribution < -0.4 is 11.1 Å². The first-order chi connectivity index (χ1) is 14.6. The number of rotatable bonds is 3. The molecule has 0 spiro atoms. The van der Waals surface area contributed by atoms with E-state index in [1.54, 1.807) is 6.08 Å². The third kappa shape index (κ3) is 2.67. The molecule has 3 aromatic heterocycles. The van der Waals surface area contributed by atoms with E-state index >= 15 is 0 Å². The fraction of sp³-hybridized carbons (Fsp3) is 0.130. The molecule has 30 heavy (non-hydrogen) atoms. The van der Waals surface area contributed by atoms with E-state index < -0.39 is 0 Å². The van der Waals surface area contributed by atoms with Gasteiger partial charge in [0, 0.05) is 29.3 Å². The molecular formula is C23H20N6O. The number of amides is 1. The number of nitrogen functional groups attached to an aromatic ring is 1. The van der Waals surface area contributed by atoms with Crippen molar-refractivity contribution < 1.29 is 4.79 Å². The Morgan fingerprint density at radius 3 is 2.97 bits per heavy atom. The molecule has 1 aromatic carbocycles. The molecule has 1 amide bonds.